The summed E-state index contributed by atoms with van der Waals surface area (Å²) >= 11 is -1.30. The van der Waals surface area contributed by atoms with Crippen LogP contribution in [-0.2, 0) is 0 Å². The Balaban J connectivity index is 2.59. The Kier molecular flexibility index (Phi) is 2.90. The van der Waals surface area contributed by atoms with Crippen LogP contribution in [0.5, 0.6) is 5.75 Å². The Bertz CT molecular complexity index is 184. The van der Waals surface area contributed by atoms with Crippen LogP contribution in [0.4, 0.5) is 0 Å². The van der Waals surface area contributed by atoms with Gasteiger partial charge in [-0.3, -0.25) is 0 Å². The summed E-state index contributed by atoms with van der Waals surface area (Å²) < 4.78 is 5.60. The number of hydrogen-bond donors (Lipinski definition) is 0. The van der Waals surface area contributed by atoms with E-state index >= 15 is 0 Å². The van der Waals surface area contributed by atoms with Crippen molar-refractivity contribution in [3.05, 3.63) is 30.3 Å². The van der Waals surface area contributed by atoms with Gasteiger partial charge in [0.05, 0.1) is 0 Å². The molecule has 2 heteroatoms. The molecular formula is C8H11GaO. The second-order valence-corrected chi connectivity index (χ2v) is 7.37. The summed E-state index contributed by atoms with van der Waals surface area (Å²) in [5, 5.41) is 0. The number of para-hydroxylation sites is 1. The van der Waals surface area contributed by atoms with Crippen molar-refractivity contribution in [1.29, 1.82) is 0 Å². The predicted molar refractivity (Wildman–Crippen MR) is 44.6 cm³/mol. The standard InChI is InChI=1S/C6H6O.2CH3.Ga/c7-6-4-2-1-3-5-6;;;/h1-5,7H;2*1H3;/q;;;+1/p-1. The second kappa shape index (κ2) is 3.73. The van der Waals surface area contributed by atoms with Gasteiger partial charge in [0.2, 0.25) is 0 Å². The van der Waals surface area contributed by atoms with E-state index in [1.807, 2.05) is 30.3 Å². The average Bonchev–Trinajstić information content (AvgIpc) is 1.88. The van der Waals surface area contributed by atoms with Crippen LogP contribution in [0.2, 0.25) is 11.0 Å². The normalized spacial score (nSPS) is 9.00. The molecule has 10 heavy (non-hydrogen) atoms. The Morgan fingerprint density at radius 1 is 1.10 bits per heavy atom. The van der Waals surface area contributed by atoms with Gasteiger partial charge >= 0.3 is 67.1 Å². The molecule has 0 aliphatic rings. The molecule has 0 saturated heterocycles. The second-order valence-electron chi connectivity index (χ2n) is 2.48. The van der Waals surface area contributed by atoms with Crippen LogP contribution in [0.25, 0.3) is 0 Å². The molecule has 1 aromatic rings. The molecule has 0 bridgehead atoms. The summed E-state index contributed by atoms with van der Waals surface area (Å²) in [5.74, 6) is 1.03. The van der Waals surface area contributed by atoms with Crippen LogP contribution in [0.3, 0.4) is 0 Å². The molecule has 0 aliphatic heterocycles. The van der Waals surface area contributed by atoms with Crippen molar-refractivity contribution in [1.82, 2.24) is 0 Å². The zero-order valence-electron chi connectivity index (χ0n) is 6.37. The summed E-state index contributed by atoms with van der Waals surface area (Å²) in [4.78, 5) is 0. The molecule has 0 N–H and O–H groups in total. The van der Waals surface area contributed by atoms with Crippen molar-refractivity contribution in [2.45, 2.75) is 11.0 Å². The van der Waals surface area contributed by atoms with Gasteiger partial charge in [-0.15, -0.1) is 0 Å². The zero-order valence-corrected chi connectivity index (χ0v) is 8.79. The van der Waals surface area contributed by atoms with Crippen molar-refractivity contribution < 1.29 is 3.53 Å². The molecule has 1 rings (SSSR count). The van der Waals surface area contributed by atoms with E-state index in [-0.39, 0.29) is 0 Å². The molecule has 0 saturated carbocycles. The topological polar surface area (TPSA) is 9.23 Å². The third-order valence-electron chi connectivity index (χ3n) is 1.11. The molecule has 1 aromatic carbocycles. The van der Waals surface area contributed by atoms with Gasteiger partial charge in [-0.1, -0.05) is 0 Å². The summed E-state index contributed by atoms with van der Waals surface area (Å²) in [6, 6.07) is 10.0. The first-order valence-electron chi connectivity index (χ1n) is 3.51. The maximum absolute atomic E-state index is 5.60. The van der Waals surface area contributed by atoms with E-state index in [1.165, 1.54) is 0 Å². The molecule has 0 radical (unpaired) electrons. The van der Waals surface area contributed by atoms with Crippen LogP contribution in [-0.4, -0.2) is 16.6 Å². The minimum atomic E-state index is -1.30. The summed E-state index contributed by atoms with van der Waals surface area (Å²) in [7, 11) is 0. The van der Waals surface area contributed by atoms with E-state index in [0.717, 1.165) is 5.75 Å². The van der Waals surface area contributed by atoms with Gasteiger partial charge in [-0.25, -0.2) is 0 Å². The Morgan fingerprint density at radius 2 is 1.70 bits per heavy atom. The molecular weight excluding hydrogens is 182 g/mol. The summed E-state index contributed by atoms with van der Waals surface area (Å²) in [6.07, 6.45) is 0. The predicted octanol–water partition coefficient (Wildman–Crippen LogP) is 2.32. The molecule has 0 spiro atoms. The van der Waals surface area contributed by atoms with Gasteiger partial charge in [0.25, 0.3) is 0 Å². The van der Waals surface area contributed by atoms with Crippen LogP contribution in [0.15, 0.2) is 30.3 Å². The molecule has 0 fully saturated rings. The maximum atomic E-state index is 5.60. The average molecular weight is 193 g/mol. The SMILES string of the molecule is [CH3][Ga]([CH3])[O]c1ccccc1. The van der Waals surface area contributed by atoms with Gasteiger partial charge in [0.15, 0.2) is 0 Å². The van der Waals surface area contributed by atoms with E-state index in [0.29, 0.717) is 0 Å². The molecule has 1 nitrogen and oxygen atoms in total. The van der Waals surface area contributed by atoms with Gasteiger partial charge in [-0.05, 0) is 0 Å². The zero-order chi connectivity index (χ0) is 7.40. The molecule has 0 heterocycles. The molecule has 0 atom stereocenters. The Morgan fingerprint density at radius 3 is 2.20 bits per heavy atom. The Hall–Kier alpha value is -0.344. The van der Waals surface area contributed by atoms with E-state index in [4.69, 9.17) is 3.53 Å². The van der Waals surface area contributed by atoms with Crippen molar-refractivity contribution in [2.75, 3.05) is 0 Å². The van der Waals surface area contributed by atoms with Crippen molar-refractivity contribution >= 4 is 16.6 Å². The van der Waals surface area contributed by atoms with E-state index in [2.05, 4.69) is 11.0 Å². The van der Waals surface area contributed by atoms with Crippen molar-refractivity contribution in [3.8, 4) is 5.75 Å². The van der Waals surface area contributed by atoms with Gasteiger partial charge in [-0.2, -0.15) is 0 Å². The first-order valence-corrected chi connectivity index (χ1v) is 9.34. The van der Waals surface area contributed by atoms with E-state index in [9.17, 15) is 0 Å². The van der Waals surface area contributed by atoms with Gasteiger partial charge in [0.1, 0.15) is 0 Å². The van der Waals surface area contributed by atoms with Crippen molar-refractivity contribution in [3.63, 3.8) is 0 Å². The molecule has 0 aromatic heterocycles. The molecule has 52 valence electrons. The van der Waals surface area contributed by atoms with Gasteiger partial charge < -0.3 is 0 Å². The molecule has 0 amide bonds. The monoisotopic (exact) mass is 192 g/mol. The van der Waals surface area contributed by atoms with Gasteiger partial charge in [0, 0.05) is 0 Å². The first kappa shape index (κ1) is 7.76. The van der Waals surface area contributed by atoms with Crippen LogP contribution in [0.1, 0.15) is 0 Å². The first-order chi connectivity index (χ1) is 4.79. The number of hydrogen-bond acceptors (Lipinski definition) is 1. The van der Waals surface area contributed by atoms with Crippen molar-refractivity contribution in [2.24, 2.45) is 0 Å². The quantitative estimate of drug-likeness (QED) is 0.654. The number of rotatable bonds is 2. The third-order valence-corrected chi connectivity index (χ3v) is 2.68. The summed E-state index contributed by atoms with van der Waals surface area (Å²) in [5.41, 5.74) is 4.42. The fraction of sp³-hybridized carbons (Fsp3) is 0.250. The number of benzene rings is 1. The third kappa shape index (κ3) is 2.50. The van der Waals surface area contributed by atoms with Crippen LogP contribution < -0.4 is 3.53 Å². The van der Waals surface area contributed by atoms with Crippen LogP contribution in [0, 0.1) is 0 Å². The molecule has 0 aliphatic carbocycles. The molecule has 0 unspecified atom stereocenters. The van der Waals surface area contributed by atoms with E-state index < -0.39 is 16.6 Å². The van der Waals surface area contributed by atoms with E-state index in [1.54, 1.807) is 0 Å². The fourth-order valence-electron chi connectivity index (χ4n) is 0.771. The minimum absolute atomic E-state index is 1.03. The summed E-state index contributed by atoms with van der Waals surface area (Å²) in [6.45, 7) is 0. The fourth-order valence-corrected chi connectivity index (χ4v) is 2.24. The van der Waals surface area contributed by atoms with Crippen LogP contribution >= 0.6 is 0 Å². The Labute approximate surface area is 67.5 Å².